The molecule has 2 amide bonds. The van der Waals surface area contributed by atoms with E-state index >= 15 is 0 Å². The molecule has 47 heavy (non-hydrogen) atoms. The summed E-state index contributed by atoms with van der Waals surface area (Å²) in [5.41, 5.74) is 1.92. The van der Waals surface area contributed by atoms with Crippen molar-refractivity contribution >= 4 is 23.4 Å². The van der Waals surface area contributed by atoms with E-state index in [9.17, 15) is 22.8 Å². The minimum absolute atomic E-state index is 0.00728. The molecule has 3 heterocycles. The quantitative estimate of drug-likeness (QED) is 0.315. The van der Waals surface area contributed by atoms with Crippen molar-refractivity contribution in [1.29, 1.82) is 0 Å². The normalized spacial score (nSPS) is 19.4. The molecule has 2 aromatic carbocycles. The van der Waals surface area contributed by atoms with Gasteiger partial charge in [0.05, 0.1) is 12.6 Å². The summed E-state index contributed by atoms with van der Waals surface area (Å²) in [6, 6.07) is 18.2. The Hall–Kier alpha value is -3.48. The fourth-order valence-corrected chi connectivity index (χ4v) is 7.51. The number of nitrogens with one attached hydrogen (secondary N) is 1. The highest BCUT2D eigenvalue weighted by Gasteiger charge is 2.42. The van der Waals surface area contributed by atoms with Crippen LogP contribution in [0.5, 0.6) is 0 Å². The monoisotopic (exact) mass is 671 g/mol. The summed E-state index contributed by atoms with van der Waals surface area (Å²) >= 11 is 6.05. The number of carbonyl (C=O) groups is 2. The van der Waals surface area contributed by atoms with Gasteiger partial charge in [-0.1, -0.05) is 66.9 Å². The standard InChI is InChI=1S/C34H41ClF3N7O2/c35-27-10-8-25(9-11-27)23-42-14-16-43(17-15-42)28(26-6-2-1-3-7-26)22-39-30(46)20-33(12-4-5-13-33)21-31(47)44-18-19-45-29(24-44)40-41-32(45)34(36,37)38/h1-3,6-11,28H,4-5,12-24H2,(H,39,46). The molecule has 0 spiro atoms. The van der Waals surface area contributed by atoms with Crippen molar-refractivity contribution in [3.63, 3.8) is 0 Å². The number of halogens is 4. The molecule has 252 valence electrons. The smallest absolute Gasteiger partial charge is 0.354 e. The van der Waals surface area contributed by atoms with Crippen LogP contribution in [0.4, 0.5) is 13.2 Å². The van der Waals surface area contributed by atoms with Gasteiger partial charge in [-0.05, 0) is 41.5 Å². The summed E-state index contributed by atoms with van der Waals surface area (Å²) in [7, 11) is 0. The Morgan fingerprint density at radius 2 is 1.60 bits per heavy atom. The number of fused-ring (bicyclic) bond motifs is 1. The molecule has 2 fully saturated rings. The zero-order valence-corrected chi connectivity index (χ0v) is 27.1. The Balaban J connectivity index is 1.05. The van der Waals surface area contributed by atoms with Crippen molar-refractivity contribution in [1.82, 2.24) is 34.8 Å². The van der Waals surface area contributed by atoms with Gasteiger partial charge in [0.25, 0.3) is 0 Å². The van der Waals surface area contributed by atoms with Crippen molar-refractivity contribution in [2.75, 3.05) is 39.3 Å². The fourth-order valence-electron chi connectivity index (χ4n) is 7.38. The average molecular weight is 672 g/mol. The van der Waals surface area contributed by atoms with Gasteiger partial charge in [-0.2, -0.15) is 13.2 Å². The molecule has 2 aliphatic heterocycles. The molecular weight excluding hydrogens is 631 g/mol. The number of aromatic nitrogens is 3. The molecule has 1 N–H and O–H groups in total. The van der Waals surface area contributed by atoms with Crippen LogP contribution < -0.4 is 5.32 Å². The third-order valence-electron chi connectivity index (χ3n) is 9.93. The lowest BCUT2D eigenvalue weighted by atomic mass is 9.78. The highest BCUT2D eigenvalue weighted by atomic mass is 35.5. The number of alkyl halides is 3. The lowest BCUT2D eigenvalue weighted by Gasteiger charge is -2.40. The number of benzene rings is 2. The van der Waals surface area contributed by atoms with E-state index < -0.39 is 17.4 Å². The van der Waals surface area contributed by atoms with E-state index in [-0.39, 0.29) is 56.2 Å². The minimum atomic E-state index is -4.59. The van der Waals surface area contributed by atoms with E-state index in [1.807, 2.05) is 30.3 Å². The van der Waals surface area contributed by atoms with Crippen LogP contribution in [0.25, 0.3) is 0 Å². The van der Waals surface area contributed by atoms with Crippen molar-refractivity contribution in [3.05, 3.63) is 82.4 Å². The molecule has 0 bridgehead atoms. The van der Waals surface area contributed by atoms with E-state index in [0.29, 0.717) is 6.54 Å². The van der Waals surface area contributed by atoms with Crippen LogP contribution in [-0.4, -0.2) is 80.5 Å². The molecular formula is C34H41ClF3N7O2. The SMILES string of the molecule is O=C(CC1(CC(=O)N2CCn3c(nnc3C(F)(F)F)C2)CCCC1)NCC(c1ccccc1)N1CCN(Cc2ccc(Cl)cc2)CC1. The van der Waals surface area contributed by atoms with Crippen molar-refractivity contribution in [2.45, 2.75) is 70.4 Å². The van der Waals surface area contributed by atoms with Crippen LogP contribution in [0.1, 0.15) is 67.3 Å². The van der Waals surface area contributed by atoms with Gasteiger partial charge in [-0.15, -0.1) is 10.2 Å². The number of amides is 2. The van der Waals surface area contributed by atoms with Gasteiger partial charge < -0.3 is 14.8 Å². The average Bonchev–Trinajstić information content (AvgIpc) is 3.70. The Labute approximate surface area is 278 Å². The van der Waals surface area contributed by atoms with Crippen LogP contribution in [0.3, 0.4) is 0 Å². The Morgan fingerprint density at radius 3 is 2.28 bits per heavy atom. The zero-order chi connectivity index (χ0) is 33.0. The summed E-state index contributed by atoms with van der Waals surface area (Å²) in [5.74, 6) is -1.12. The van der Waals surface area contributed by atoms with Gasteiger partial charge in [-0.3, -0.25) is 19.4 Å². The fraction of sp³-hybridized carbons (Fsp3) is 0.529. The molecule has 6 rings (SSSR count). The molecule has 3 aliphatic rings. The summed E-state index contributed by atoms with van der Waals surface area (Å²) in [6.07, 6.45) is -0.730. The maximum Gasteiger partial charge on any atom is 0.451 e. The predicted molar refractivity (Wildman–Crippen MR) is 171 cm³/mol. The predicted octanol–water partition coefficient (Wildman–Crippen LogP) is 5.31. The van der Waals surface area contributed by atoms with Crippen LogP contribution in [0.2, 0.25) is 5.02 Å². The first kappa shape index (κ1) is 33.4. The minimum Gasteiger partial charge on any atom is -0.354 e. The summed E-state index contributed by atoms with van der Waals surface area (Å²) in [6.45, 7) is 5.03. The van der Waals surface area contributed by atoms with E-state index in [0.717, 1.165) is 73.6 Å². The molecule has 1 unspecified atom stereocenters. The van der Waals surface area contributed by atoms with E-state index in [4.69, 9.17) is 11.6 Å². The first-order valence-electron chi connectivity index (χ1n) is 16.4. The van der Waals surface area contributed by atoms with Crippen molar-refractivity contribution < 1.29 is 22.8 Å². The van der Waals surface area contributed by atoms with Crippen LogP contribution in [0.15, 0.2) is 54.6 Å². The second-order valence-electron chi connectivity index (χ2n) is 13.1. The van der Waals surface area contributed by atoms with Gasteiger partial charge in [-0.25, -0.2) is 0 Å². The number of hydrogen-bond acceptors (Lipinski definition) is 6. The van der Waals surface area contributed by atoms with E-state index in [2.05, 4.69) is 49.6 Å². The van der Waals surface area contributed by atoms with E-state index in [1.54, 1.807) is 4.90 Å². The summed E-state index contributed by atoms with van der Waals surface area (Å²) in [5, 5.41) is 11.0. The molecule has 3 aromatic rings. The summed E-state index contributed by atoms with van der Waals surface area (Å²) < 4.78 is 40.9. The lowest BCUT2D eigenvalue weighted by Crippen LogP contribution is -2.49. The van der Waals surface area contributed by atoms with Gasteiger partial charge in [0.1, 0.15) is 0 Å². The largest absolute Gasteiger partial charge is 0.451 e. The maximum atomic E-state index is 13.5. The third kappa shape index (κ3) is 8.16. The maximum absolute atomic E-state index is 13.5. The lowest BCUT2D eigenvalue weighted by molar-refractivity contribution is -0.148. The molecule has 0 radical (unpaired) electrons. The third-order valence-corrected chi connectivity index (χ3v) is 10.2. The van der Waals surface area contributed by atoms with Gasteiger partial charge in [0, 0.05) is 70.2 Å². The number of piperazine rings is 1. The molecule has 1 aromatic heterocycles. The first-order valence-corrected chi connectivity index (χ1v) is 16.8. The molecule has 1 saturated carbocycles. The topological polar surface area (TPSA) is 86.6 Å². The molecule has 9 nitrogen and oxygen atoms in total. The Morgan fingerprint density at radius 1 is 0.894 bits per heavy atom. The number of hydrogen-bond donors (Lipinski definition) is 1. The highest BCUT2D eigenvalue weighted by molar-refractivity contribution is 6.30. The van der Waals surface area contributed by atoms with E-state index in [1.165, 1.54) is 5.56 Å². The Kier molecular flexibility index (Phi) is 10.2. The second kappa shape index (κ2) is 14.3. The van der Waals surface area contributed by atoms with Crippen molar-refractivity contribution in [2.24, 2.45) is 5.41 Å². The number of nitrogens with zero attached hydrogens (tertiary/aromatic N) is 6. The second-order valence-corrected chi connectivity index (χ2v) is 13.6. The summed E-state index contributed by atoms with van der Waals surface area (Å²) in [4.78, 5) is 33.4. The van der Waals surface area contributed by atoms with Crippen molar-refractivity contribution in [3.8, 4) is 0 Å². The molecule has 1 saturated heterocycles. The molecule has 1 aliphatic carbocycles. The van der Waals surface area contributed by atoms with Gasteiger partial charge >= 0.3 is 6.18 Å². The zero-order valence-electron chi connectivity index (χ0n) is 26.4. The number of rotatable bonds is 10. The van der Waals surface area contributed by atoms with Gasteiger partial charge in [0.2, 0.25) is 17.6 Å². The van der Waals surface area contributed by atoms with Crippen LogP contribution in [-0.2, 0) is 35.4 Å². The number of carbonyl (C=O) groups excluding carboxylic acids is 2. The first-order chi connectivity index (χ1) is 22.6. The Bertz CT molecular complexity index is 1520. The molecule has 1 atom stereocenters. The van der Waals surface area contributed by atoms with Crippen LogP contribution >= 0.6 is 11.6 Å². The highest BCUT2D eigenvalue weighted by Crippen LogP contribution is 2.44. The van der Waals surface area contributed by atoms with Gasteiger partial charge in [0.15, 0.2) is 5.82 Å². The molecule has 13 heteroatoms. The van der Waals surface area contributed by atoms with Crippen LogP contribution in [0, 0.1) is 5.41 Å².